The number of unbranched alkanes of at least 4 members (excludes halogenated alkanes) is 1. The van der Waals surface area contributed by atoms with Crippen LogP contribution in [-0.4, -0.2) is 53.7 Å². The zero-order valence-electron chi connectivity index (χ0n) is 13.0. The van der Waals surface area contributed by atoms with Gasteiger partial charge in [0.25, 0.3) is 0 Å². The summed E-state index contributed by atoms with van der Waals surface area (Å²) in [6.07, 6.45) is 7.20. The first-order chi connectivity index (χ1) is 10.7. The number of likely N-dealkylation sites (tertiary alicyclic amines) is 1. The first kappa shape index (κ1) is 15.4. The van der Waals surface area contributed by atoms with Crippen molar-refractivity contribution in [3.8, 4) is 0 Å². The fourth-order valence-electron chi connectivity index (χ4n) is 3.74. The highest BCUT2D eigenvalue weighted by molar-refractivity contribution is 5.76. The van der Waals surface area contributed by atoms with E-state index in [2.05, 4.69) is 16.4 Å². The molecule has 2 aliphatic rings. The Morgan fingerprint density at radius 2 is 2.41 bits per heavy atom. The fraction of sp³-hybridized carbons (Fsp3) is 0.647. The molecule has 1 aromatic heterocycles. The van der Waals surface area contributed by atoms with E-state index in [4.69, 9.17) is 0 Å². The second kappa shape index (κ2) is 6.75. The van der Waals surface area contributed by atoms with Gasteiger partial charge in [0.2, 0.25) is 5.91 Å². The second-order valence-corrected chi connectivity index (χ2v) is 6.69. The molecule has 2 saturated heterocycles. The van der Waals surface area contributed by atoms with E-state index in [1.54, 1.807) is 6.20 Å². The zero-order chi connectivity index (χ0) is 15.4. The molecule has 0 spiro atoms. The van der Waals surface area contributed by atoms with Gasteiger partial charge in [0, 0.05) is 50.4 Å². The first-order valence-corrected chi connectivity index (χ1v) is 8.22. The predicted molar refractivity (Wildman–Crippen MR) is 84.3 cm³/mol. The van der Waals surface area contributed by atoms with E-state index in [0.717, 1.165) is 38.9 Å². The van der Waals surface area contributed by atoms with Gasteiger partial charge in [-0.1, -0.05) is 6.07 Å². The average molecular weight is 303 g/mol. The van der Waals surface area contributed by atoms with Crippen LogP contribution in [0.15, 0.2) is 24.5 Å². The molecule has 0 bridgehead atoms. The van der Waals surface area contributed by atoms with Gasteiger partial charge < -0.3 is 15.3 Å². The molecule has 2 N–H and O–H groups in total. The number of amides is 1. The Bertz CT molecular complexity index is 508. The van der Waals surface area contributed by atoms with Crippen molar-refractivity contribution >= 4 is 5.91 Å². The molecule has 5 nitrogen and oxygen atoms in total. The van der Waals surface area contributed by atoms with E-state index in [-0.39, 0.29) is 17.9 Å². The molecule has 1 aromatic rings. The molecule has 22 heavy (non-hydrogen) atoms. The van der Waals surface area contributed by atoms with Crippen LogP contribution >= 0.6 is 0 Å². The minimum atomic E-state index is -0.0919. The van der Waals surface area contributed by atoms with Crippen LogP contribution in [0.1, 0.15) is 24.8 Å². The Morgan fingerprint density at radius 1 is 1.50 bits per heavy atom. The van der Waals surface area contributed by atoms with E-state index in [0.29, 0.717) is 18.9 Å². The number of carbonyl (C=O) groups excluding carboxylic acids is 1. The summed E-state index contributed by atoms with van der Waals surface area (Å²) in [6, 6.07) is 4.03. The summed E-state index contributed by atoms with van der Waals surface area (Å²) < 4.78 is 0. The highest BCUT2D eigenvalue weighted by atomic mass is 16.3. The summed E-state index contributed by atoms with van der Waals surface area (Å²) in [4.78, 5) is 18.4. The van der Waals surface area contributed by atoms with Crippen LogP contribution in [0.3, 0.4) is 0 Å². The van der Waals surface area contributed by atoms with Crippen molar-refractivity contribution < 1.29 is 9.90 Å². The molecular weight excluding hydrogens is 278 g/mol. The van der Waals surface area contributed by atoms with Crippen molar-refractivity contribution in [3.05, 3.63) is 30.1 Å². The molecule has 1 amide bonds. The van der Waals surface area contributed by atoms with Crippen molar-refractivity contribution in [2.75, 3.05) is 32.8 Å². The summed E-state index contributed by atoms with van der Waals surface area (Å²) >= 11 is 0. The molecule has 2 unspecified atom stereocenters. The lowest BCUT2D eigenvalue weighted by atomic mass is 9.82. The smallest absolute Gasteiger partial charge is 0.222 e. The lowest BCUT2D eigenvalue weighted by molar-refractivity contribution is -0.130. The van der Waals surface area contributed by atoms with E-state index in [9.17, 15) is 9.90 Å². The molecule has 2 fully saturated rings. The molecule has 2 atom stereocenters. The molecule has 0 aliphatic carbocycles. The summed E-state index contributed by atoms with van der Waals surface area (Å²) in [7, 11) is 0. The lowest BCUT2D eigenvalue weighted by Crippen LogP contribution is -2.37. The van der Waals surface area contributed by atoms with E-state index < -0.39 is 0 Å². The Morgan fingerprint density at radius 3 is 3.14 bits per heavy atom. The highest BCUT2D eigenvalue weighted by Gasteiger charge is 2.50. The largest absolute Gasteiger partial charge is 0.396 e. The maximum absolute atomic E-state index is 12.4. The van der Waals surface area contributed by atoms with E-state index in [1.165, 1.54) is 5.56 Å². The minimum absolute atomic E-state index is 0.0919. The topological polar surface area (TPSA) is 65.5 Å². The van der Waals surface area contributed by atoms with Gasteiger partial charge >= 0.3 is 0 Å². The van der Waals surface area contributed by atoms with Gasteiger partial charge in [-0.2, -0.15) is 0 Å². The normalized spacial score (nSPS) is 27.1. The quantitative estimate of drug-likeness (QED) is 0.764. The standard InChI is InChI=1S/C17H25N3O2/c21-13-17-11-19-9-15(17)10-20(12-17)16(22)6-2-1-4-14-5-3-7-18-8-14/h3,5,7-8,15,19,21H,1-2,4,6,9-13H2. The van der Waals surface area contributed by atoms with Crippen LogP contribution in [0, 0.1) is 11.3 Å². The predicted octanol–water partition coefficient (Wildman–Crippen LogP) is 0.835. The van der Waals surface area contributed by atoms with Gasteiger partial charge in [-0.25, -0.2) is 0 Å². The number of rotatable bonds is 6. The van der Waals surface area contributed by atoms with Crippen LogP contribution in [0.25, 0.3) is 0 Å². The Kier molecular flexibility index (Phi) is 4.74. The van der Waals surface area contributed by atoms with Crippen LogP contribution in [0.5, 0.6) is 0 Å². The van der Waals surface area contributed by atoms with Crippen LogP contribution < -0.4 is 5.32 Å². The van der Waals surface area contributed by atoms with Gasteiger partial charge in [-0.3, -0.25) is 9.78 Å². The number of aromatic nitrogens is 1. The van der Waals surface area contributed by atoms with Crippen molar-refractivity contribution in [2.24, 2.45) is 11.3 Å². The Hall–Kier alpha value is -1.46. The minimum Gasteiger partial charge on any atom is -0.396 e. The molecule has 5 heteroatoms. The third-order valence-corrected chi connectivity index (χ3v) is 5.18. The number of carbonyl (C=O) groups is 1. The maximum atomic E-state index is 12.4. The first-order valence-electron chi connectivity index (χ1n) is 8.22. The van der Waals surface area contributed by atoms with Gasteiger partial charge in [-0.05, 0) is 36.8 Å². The fourth-order valence-corrected chi connectivity index (χ4v) is 3.74. The van der Waals surface area contributed by atoms with Crippen molar-refractivity contribution in [2.45, 2.75) is 25.7 Å². The Labute approximate surface area is 131 Å². The number of aryl methyl sites for hydroxylation is 1. The Balaban J connectivity index is 1.42. The van der Waals surface area contributed by atoms with Crippen LogP contribution in [-0.2, 0) is 11.2 Å². The molecule has 120 valence electrons. The molecule has 0 aromatic carbocycles. The number of pyridine rings is 1. The summed E-state index contributed by atoms with van der Waals surface area (Å²) in [6.45, 7) is 3.44. The SMILES string of the molecule is O=C(CCCCc1cccnc1)N1CC2CNCC2(CO)C1. The van der Waals surface area contributed by atoms with E-state index >= 15 is 0 Å². The van der Waals surface area contributed by atoms with Gasteiger partial charge in [-0.15, -0.1) is 0 Å². The number of hydrogen-bond donors (Lipinski definition) is 2. The van der Waals surface area contributed by atoms with Gasteiger partial charge in [0.1, 0.15) is 0 Å². The molecular formula is C17H25N3O2. The summed E-state index contributed by atoms with van der Waals surface area (Å²) in [5.74, 6) is 0.658. The van der Waals surface area contributed by atoms with Crippen molar-refractivity contribution in [1.82, 2.24) is 15.2 Å². The molecule has 2 aliphatic heterocycles. The monoisotopic (exact) mass is 303 g/mol. The number of aliphatic hydroxyl groups is 1. The van der Waals surface area contributed by atoms with E-state index in [1.807, 2.05) is 17.2 Å². The maximum Gasteiger partial charge on any atom is 0.222 e. The van der Waals surface area contributed by atoms with Crippen LogP contribution in [0.2, 0.25) is 0 Å². The number of nitrogens with one attached hydrogen (secondary N) is 1. The van der Waals surface area contributed by atoms with Crippen LogP contribution in [0.4, 0.5) is 0 Å². The number of fused-ring (bicyclic) bond motifs is 1. The van der Waals surface area contributed by atoms with Crippen molar-refractivity contribution in [1.29, 1.82) is 0 Å². The third kappa shape index (κ3) is 3.15. The summed E-state index contributed by atoms with van der Waals surface area (Å²) in [5, 5.41) is 13.0. The lowest BCUT2D eigenvalue weighted by Gasteiger charge is -2.25. The summed E-state index contributed by atoms with van der Waals surface area (Å²) in [5.41, 5.74) is 1.14. The second-order valence-electron chi connectivity index (χ2n) is 6.69. The number of aliphatic hydroxyl groups excluding tert-OH is 1. The molecule has 3 heterocycles. The highest BCUT2D eigenvalue weighted by Crippen LogP contribution is 2.38. The third-order valence-electron chi connectivity index (χ3n) is 5.18. The number of nitrogens with zero attached hydrogens (tertiary/aromatic N) is 2. The van der Waals surface area contributed by atoms with Gasteiger partial charge in [0.05, 0.1) is 6.61 Å². The molecule has 0 saturated carbocycles. The molecule has 3 rings (SSSR count). The average Bonchev–Trinajstić information content (AvgIpc) is 3.10. The van der Waals surface area contributed by atoms with Gasteiger partial charge in [0.15, 0.2) is 0 Å². The van der Waals surface area contributed by atoms with Crippen molar-refractivity contribution in [3.63, 3.8) is 0 Å². The number of hydrogen-bond acceptors (Lipinski definition) is 4. The zero-order valence-corrected chi connectivity index (χ0v) is 13.0. The molecule has 0 radical (unpaired) electrons.